The van der Waals surface area contributed by atoms with Gasteiger partial charge >= 0.3 is 0 Å². The average molecular weight is 832 g/mol. The lowest BCUT2D eigenvalue weighted by Gasteiger charge is -2.35. The van der Waals surface area contributed by atoms with E-state index in [2.05, 4.69) is 262 Å². The van der Waals surface area contributed by atoms with E-state index in [1.165, 1.54) is 75.1 Å². The Morgan fingerprint density at radius 1 is 0.250 bits per heavy atom. The number of rotatable bonds is 7. The van der Waals surface area contributed by atoms with Gasteiger partial charge in [-0.1, -0.05) is 194 Å². The second kappa shape index (κ2) is 14.5. The fourth-order valence-corrected chi connectivity index (χ4v) is 16.0. The third-order valence-electron chi connectivity index (χ3n) is 13.6. The van der Waals surface area contributed by atoms with Crippen molar-refractivity contribution in [2.24, 2.45) is 0 Å². The van der Waals surface area contributed by atoms with Crippen LogP contribution >= 0.6 is 0 Å². The zero-order valence-corrected chi connectivity index (χ0v) is 36.0. The first-order valence-corrected chi connectivity index (χ1v) is 24.1. The predicted octanol–water partition coefficient (Wildman–Crippen LogP) is 12.4. The van der Waals surface area contributed by atoms with Crippen LogP contribution in [0.15, 0.2) is 249 Å². The molecule has 3 nitrogen and oxygen atoms in total. The molecule has 13 rings (SSSR count). The number of nitrogens with zero attached hydrogens (tertiary/aromatic N) is 3. The Morgan fingerprint density at radius 3 is 1.11 bits per heavy atom. The van der Waals surface area contributed by atoms with Gasteiger partial charge in [-0.05, 0) is 75.3 Å². The predicted molar refractivity (Wildman–Crippen MR) is 273 cm³/mol. The van der Waals surface area contributed by atoms with Crippen molar-refractivity contribution in [3.8, 4) is 17.1 Å². The van der Waals surface area contributed by atoms with Gasteiger partial charge < -0.3 is 13.7 Å². The maximum Gasteiger partial charge on any atom is 0.181 e. The van der Waals surface area contributed by atoms with Crippen LogP contribution in [0.1, 0.15) is 0 Å². The lowest BCUT2D eigenvalue weighted by molar-refractivity contribution is 1.17. The van der Waals surface area contributed by atoms with Gasteiger partial charge in [0, 0.05) is 38.0 Å². The highest BCUT2D eigenvalue weighted by molar-refractivity contribution is 7.20. The molecule has 3 heterocycles. The Morgan fingerprint density at radius 2 is 0.609 bits per heavy atom. The first-order valence-electron chi connectivity index (χ1n) is 22.1. The zero-order chi connectivity index (χ0) is 42.2. The van der Waals surface area contributed by atoms with Crippen LogP contribution in [0, 0.1) is 0 Å². The Bertz CT molecular complexity index is 3730. The molecule has 0 fully saturated rings. The number of para-hydroxylation sites is 5. The van der Waals surface area contributed by atoms with Gasteiger partial charge in [0.2, 0.25) is 0 Å². The third-order valence-corrected chi connectivity index (χ3v) is 18.4. The lowest BCUT2D eigenvalue weighted by atomic mass is 10.1. The fraction of sp³-hybridized carbons (Fsp3) is 0. The Kier molecular flexibility index (Phi) is 8.23. The van der Waals surface area contributed by atoms with Gasteiger partial charge in [-0.15, -0.1) is 0 Å². The Hall–Kier alpha value is -8.18. The summed E-state index contributed by atoms with van der Waals surface area (Å²) in [6.07, 6.45) is 0. The third kappa shape index (κ3) is 5.15. The molecule has 0 aliphatic heterocycles. The number of hydrogen-bond acceptors (Lipinski definition) is 0. The van der Waals surface area contributed by atoms with Crippen LogP contribution in [0.2, 0.25) is 0 Å². The molecule has 0 amide bonds. The minimum Gasteiger partial charge on any atom is -0.309 e. The highest BCUT2D eigenvalue weighted by Crippen LogP contribution is 2.44. The molecule has 0 saturated heterocycles. The molecule has 4 heteroatoms. The standard InChI is InChI=1S/C60H41N3Si/c1-5-22-42(23-6-1)61-53-37-20-39-55(62-50-34-16-13-30-46(50)47-31-14-17-35-51(47)62)58(53)59-54(61)38-21-40-56(59)63-52-36-18-15-32-48(52)49-33-19-41-57(60(49)63)64(43-24-7-2-8-25-43,44-26-9-3-10-27-44)45-28-11-4-12-29-45/h1-41H. The topological polar surface area (TPSA) is 14.8 Å². The molecule has 10 aromatic carbocycles. The molecule has 0 N–H and O–H groups in total. The van der Waals surface area contributed by atoms with Crippen molar-refractivity contribution in [3.05, 3.63) is 249 Å². The number of benzene rings is 10. The van der Waals surface area contributed by atoms with Gasteiger partial charge in [0.15, 0.2) is 8.07 Å². The summed E-state index contributed by atoms with van der Waals surface area (Å²) in [5.74, 6) is 0. The second-order valence-electron chi connectivity index (χ2n) is 16.8. The van der Waals surface area contributed by atoms with Crippen molar-refractivity contribution in [2.75, 3.05) is 0 Å². The number of fused-ring (bicyclic) bond motifs is 9. The average Bonchev–Trinajstić information content (AvgIpc) is 4.02. The summed E-state index contributed by atoms with van der Waals surface area (Å²) in [6.45, 7) is 0. The summed E-state index contributed by atoms with van der Waals surface area (Å²) in [5, 5.41) is 12.8. The highest BCUT2D eigenvalue weighted by Gasteiger charge is 2.43. The maximum absolute atomic E-state index is 3.01. The summed E-state index contributed by atoms with van der Waals surface area (Å²) in [6, 6.07) is 92.4. The van der Waals surface area contributed by atoms with Gasteiger partial charge in [-0.3, -0.25) is 0 Å². The van der Waals surface area contributed by atoms with E-state index in [-0.39, 0.29) is 0 Å². The lowest BCUT2D eigenvalue weighted by Crippen LogP contribution is -2.75. The van der Waals surface area contributed by atoms with Crippen LogP contribution in [0.25, 0.3) is 82.5 Å². The summed E-state index contributed by atoms with van der Waals surface area (Å²) < 4.78 is 7.58. The van der Waals surface area contributed by atoms with Crippen molar-refractivity contribution in [1.82, 2.24) is 13.7 Å². The Labute approximate surface area is 372 Å². The van der Waals surface area contributed by atoms with E-state index in [0.717, 1.165) is 28.1 Å². The summed E-state index contributed by atoms with van der Waals surface area (Å²) >= 11 is 0. The molecular weight excluding hydrogens is 791 g/mol. The smallest absolute Gasteiger partial charge is 0.181 e. The molecule has 0 aliphatic rings. The number of hydrogen-bond donors (Lipinski definition) is 0. The molecule has 0 aliphatic carbocycles. The molecule has 0 radical (unpaired) electrons. The molecular formula is C60H41N3Si. The van der Waals surface area contributed by atoms with Gasteiger partial charge in [-0.2, -0.15) is 0 Å². The van der Waals surface area contributed by atoms with Crippen LogP contribution in [0.3, 0.4) is 0 Å². The van der Waals surface area contributed by atoms with Crippen molar-refractivity contribution in [1.29, 1.82) is 0 Å². The first-order chi connectivity index (χ1) is 31.8. The van der Waals surface area contributed by atoms with Gasteiger partial charge in [-0.25, -0.2) is 0 Å². The van der Waals surface area contributed by atoms with Gasteiger partial charge in [0.05, 0.1) is 44.5 Å². The molecule has 0 spiro atoms. The molecule has 64 heavy (non-hydrogen) atoms. The van der Waals surface area contributed by atoms with Crippen LogP contribution in [-0.4, -0.2) is 21.8 Å². The van der Waals surface area contributed by atoms with E-state index in [1.54, 1.807) is 0 Å². The highest BCUT2D eigenvalue weighted by atomic mass is 28.3. The van der Waals surface area contributed by atoms with Crippen molar-refractivity contribution < 1.29 is 0 Å². The molecule has 0 unspecified atom stereocenters. The molecule has 0 bridgehead atoms. The summed E-state index contributed by atoms with van der Waals surface area (Å²) in [5.41, 5.74) is 10.6. The quantitative estimate of drug-likeness (QED) is 0.112. The van der Waals surface area contributed by atoms with Crippen LogP contribution in [-0.2, 0) is 0 Å². The SMILES string of the molecule is c1ccc(-n2c3cccc(-n4c5ccccc5c5ccccc54)c3c3c(-n4c5ccccc5c5cccc([Si](c6ccccc6)(c6ccccc6)c6ccccc6)c54)cccc32)cc1. The van der Waals surface area contributed by atoms with E-state index >= 15 is 0 Å². The molecule has 3 aromatic heterocycles. The van der Waals surface area contributed by atoms with E-state index in [4.69, 9.17) is 0 Å². The summed E-state index contributed by atoms with van der Waals surface area (Å²) in [4.78, 5) is 0. The second-order valence-corrected chi connectivity index (χ2v) is 20.6. The van der Waals surface area contributed by atoms with E-state index in [0.29, 0.717) is 0 Å². The maximum atomic E-state index is 2.62. The van der Waals surface area contributed by atoms with Crippen molar-refractivity contribution >= 4 is 94.2 Å². The van der Waals surface area contributed by atoms with Gasteiger partial charge in [0.25, 0.3) is 0 Å². The molecule has 0 saturated carbocycles. The Balaban J connectivity index is 1.25. The molecule has 13 aromatic rings. The van der Waals surface area contributed by atoms with E-state index in [9.17, 15) is 0 Å². The minimum atomic E-state index is -3.01. The minimum absolute atomic E-state index is 1.13. The monoisotopic (exact) mass is 831 g/mol. The van der Waals surface area contributed by atoms with E-state index in [1.807, 2.05) is 0 Å². The van der Waals surface area contributed by atoms with Gasteiger partial charge in [0.1, 0.15) is 0 Å². The number of aromatic nitrogens is 3. The van der Waals surface area contributed by atoms with Crippen LogP contribution < -0.4 is 20.7 Å². The fourth-order valence-electron chi connectivity index (χ4n) is 11.1. The summed E-state index contributed by atoms with van der Waals surface area (Å²) in [7, 11) is -3.01. The van der Waals surface area contributed by atoms with Crippen LogP contribution in [0.4, 0.5) is 0 Å². The van der Waals surface area contributed by atoms with Crippen molar-refractivity contribution in [2.45, 2.75) is 0 Å². The largest absolute Gasteiger partial charge is 0.309 e. The molecule has 0 atom stereocenters. The van der Waals surface area contributed by atoms with E-state index < -0.39 is 8.07 Å². The molecule has 300 valence electrons. The first kappa shape index (κ1) is 36.5. The van der Waals surface area contributed by atoms with Crippen molar-refractivity contribution in [3.63, 3.8) is 0 Å². The normalized spacial score (nSPS) is 12.1. The van der Waals surface area contributed by atoms with Crippen LogP contribution in [0.5, 0.6) is 0 Å². The zero-order valence-electron chi connectivity index (χ0n) is 35.0.